The highest BCUT2D eigenvalue weighted by Gasteiger charge is 2.33. The molecule has 0 saturated carbocycles. The number of carbonyl (C=O) groups excluding carboxylic acids is 1. The quantitative estimate of drug-likeness (QED) is 0.858. The number of hydrogen-bond acceptors (Lipinski definition) is 2. The van der Waals surface area contributed by atoms with Crippen LogP contribution in [-0.4, -0.2) is 40.5 Å². The number of likely N-dealkylation sites (tertiary alicyclic amines) is 1. The highest BCUT2D eigenvalue weighted by Crippen LogP contribution is 2.22. The van der Waals surface area contributed by atoms with Gasteiger partial charge in [0.15, 0.2) is 0 Å². The number of rotatable bonds is 1. The molecule has 2 bridgehead atoms. The maximum absolute atomic E-state index is 12.5. The third-order valence-corrected chi connectivity index (χ3v) is 4.37. The predicted octanol–water partition coefficient (Wildman–Crippen LogP) is 1.75. The Morgan fingerprint density at radius 1 is 1.39 bits per heavy atom. The number of nitrogens with one attached hydrogen (secondary N) is 1. The Labute approximate surface area is 115 Å². The first-order chi connectivity index (χ1) is 8.63. The molecule has 3 rings (SSSR count). The Bertz CT molecular complexity index is 459. The van der Waals surface area contributed by atoms with E-state index < -0.39 is 0 Å². The Hall–Kier alpha value is -0.810. The maximum Gasteiger partial charge on any atom is 0.270 e. The van der Waals surface area contributed by atoms with Crippen LogP contribution in [0.25, 0.3) is 0 Å². The summed E-state index contributed by atoms with van der Waals surface area (Å²) in [5.41, 5.74) is 0.766. The number of nitrogens with zero attached hydrogens (tertiary/aromatic N) is 2. The van der Waals surface area contributed by atoms with Crippen molar-refractivity contribution in [2.45, 2.75) is 31.3 Å². The van der Waals surface area contributed by atoms with Crippen LogP contribution in [0.2, 0.25) is 0 Å². The number of aromatic nitrogens is 1. The molecule has 0 aliphatic carbocycles. The van der Waals surface area contributed by atoms with E-state index in [0.29, 0.717) is 12.1 Å². The zero-order valence-corrected chi connectivity index (χ0v) is 12.1. The van der Waals surface area contributed by atoms with Gasteiger partial charge in [-0.15, -0.1) is 0 Å². The zero-order chi connectivity index (χ0) is 12.7. The standard InChI is InChI=1S/C13H18BrN3O/c1-16-6-9(14)5-12(16)13(18)17-7-10-3-2-4-11(8-17)15-10/h5-6,10-11,15H,2-4,7-8H2,1H3. The molecule has 4 nitrogen and oxygen atoms in total. The van der Waals surface area contributed by atoms with Crippen LogP contribution in [-0.2, 0) is 7.05 Å². The molecule has 2 unspecified atom stereocenters. The number of halogens is 1. The molecule has 1 amide bonds. The Balaban J connectivity index is 1.78. The second-order valence-electron chi connectivity index (χ2n) is 5.36. The Morgan fingerprint density at radius 2 is 2.06 bits per heavy atom. The van der Waals surface area contributed by atoms with Crippen molar-refractivity contribution in [2.24, 2.45) is 7.05 Å². The average molecular weight is 312 g/mol. The first-order valence-corrected chi connectivity index (χ1v) is 7.30. The van der Waals surface area contributed by atoms with Gasteiger partial charge in [-0.3, -0.25) is 4.79 Å². The van der Waals surface area contributed by atoms with Gasteiger partial charge in [0.2, 0.25) is 0 Å². The van der Waals surface area contributed by atoms with Crippen molar-refractivity contribution in [1.82, 2.24) is 14.8 Å². The van der Waals surface area contributed by atoms with Gasteiger partial charge >= 0.3 is 0 Å². The molecule has 2 fully saturated rings. The lowest BCUT2D eigenvalue weighted by Gasteiger charge is -2.42. The van der Waals surface area contributed by atoms with Crippen LogP contribution in [0.4, 0.5) is 0 Å². The summed E-state index contributed by atoms with van der Waals surface area (Å²) in [6.07, 6.45) is 5.60. The molecule has 0 aromatic carbocycles. The summed E-state index contributed by atoms with van der Waals surface area (Å²) in [5.74, 6) is 0.154. The van der Waals surface area contributed by atoms with E-state index in [9.17, 15) is 4.79 Å². The van der Waals surface area contributed by atoms with Crippen molar-refractivity contribution in [3.05, 3.63) is 22.4 Å². The predicted molar refractivity (Wildman–Crippen MR) is 73.6 cm³/mol. The largest absolute Gasteiger partial charge is 0.345 e. The molecule has 1 aromatic rings. The van der Waals surface area contributed by atoms with Gasteiger partial charge in [0.1, 0.15) is 5.69 Å². The number of fused-ring (bicyclic) bond motifs is 2. The summed E-state index contributed by atoms with van der Waals surface area (Å²) >= 11 is 3.42. The van der Waals surface area contributed by atoms with Gasteiger partial charge in [0.05, 0.1) is 0 Å². The molecule has 18 heavy (non-hydrogen) atoms. The maximum atomic E-state index is 12.5. The first-order valence-electron chi connectivity index (χ1n) is 6.50. The van der Waals surface area contributed by atoms with E-state index >= 15 is 0 Å². The fourth-order valence-corrected chi connectivity index (χ4v) is 3.59. The second kappa shape index (κ2) is 4.70. The van der Waals surface area contributed by atoms with Crippen molar-refractivity contribution < 1.29 is 4.79 Å². The summed E-state index contributed by atoms with van der Waals surface area (Å²) in [6, 6.07) is 2.88. The van der Waals surface area contributed by atoms with Crippen molar-refractivity contribution in [3.63, 3.8) is 0 Å². The molecular weight excluding hydrogens is 294 g/mol. The van der Waals surface area contributed by atoms with E-state index in [1.165, 1.54) is 19.3 Å². The lowest BCUT2D eigenvalue weighted by atomic mass is 9.94. The molecule has 3 heterocycles. The van der Waals surface area contributed by atoms with Crippen LogP contribution in [0.15, 0.2) is 16.7 Å². The number of piperidine rings is 1. The smallest absolute Gasteiger partial charge is 0.270 e. The van der Waals surface area contributed by atoms with Crippen molar-refractivity contribution in [1.29, 1.82) is 0 Å². The lowest BCUT2D eigenvalue weighted by molar-refractivity contribution is 0.0599. The normalized spacial score (nSPS) is 27.3. The minimum Gasteiger partial charge on any atom is -0.345 e. The van der Waals surface area contributed by atoms with Crippen molar-refractivity contribution in [2.75, 3.05) is 13.1 Å². The number of piperazine rings is 1. The van der Waals surface area contributed by atoms with E-state index in [2.05, 4.69) is 21.2 Å². The van der Waals surface area contributed by atoms with Crippen molar-refractivity contribution in [3.8, 4) is 0 Å². The number of aryl methyl sites for hydroxylation is 1. The summed E-state index contributed by atoms with van der Waals surface area (Å²) in [7, 11) is 1.92. The Kier molecular flexibility index (Phi) is 3.20. The summed E-state index contributed by atoms with van der Waals surface area (Å²) in [5, 5.41) is 3.60. The minimum atomic E-state index is 0.154. The second-order valence-corrected chi connectivity index (χ2v) is 6.27. The van der Waals surface area contributed by atoms with Crippen LogP contribution in [0, 0.1) is 0 Å². The molecule has 2 atom stereocenters. The zero-order valence-electron chi connectivity index (χ0n) is 10.5. The van der Waals surface area contributed by atoms with Gasteiger partial charge in [-0.05, 0) is 34.8 Å². The van der Waals surface area contributed by atoms with Crippen LogP contribution in [0.5, 0.6) is 0 Å². The van der Waals surface area contributed by atoms with E-state index in [1.54, 1.807) is 0 Å². The number of hydrogen-bond donors (Lipinski definition) is 1. The van der Waals surface area contributed by atoms with E-state index in [1.807, 2.05) is 28.8 Å². The molecular formula is C13H18BrN3O. The monoisotopic (exact) mass is 311 g/mol. The topological polar surface area (TPSA) is 37.3 Å². The third-order valence-electron chi connectivity index (χ3n) is 3.94. The highest BCUT2D eigenvalue weighted by atomic mass is 79.9. The molecule has 98 valence electrons. The average Bonchev–Trinajstić information content (AvgIpc) is 2.67. The van der Waals surface area contributed by atoms with Gasteiger partial charge in [-0.1, -0.05) is 6.42 Å². The fourth-order valence-electron chi connectivity index (χ4n) is 3.07. The van der Waals surface area contributed by atoms with Crippen LogP contribution in [0.3, 0.4) is 0 Å². The molecule has 1 N–H and O–H groups in total. The Morgan fingerprint density at radius 3 is 2.61 bits per heavy atom. The first kappa shape index (κ1) is 12.2. The summed E-state index contributed by atoms with van der Waals surface area (Å²) in [4.78, 5) is 14.5. The lowest BCUT2D eigenvalue weighted by Crippen LogP contribution is -2.60. The molecule has 1 aromatic heterocycles. The SMILES string of the molecule is Cn1cc(Br)cc1C(=O)N1CC2CCCC(C1)N2. The number of carbonyl (C=O) groups is 1. The van der Waals surface area contributed by atoms with Gasteiger partial charge in [-0.2, -0.15) is 0 Å². The molecule has 2 aliphatic rings. The highest BCUT2D eigenvalue weighted by molar-refractivity contribution is 9.10. The van der Waals surface area contributed by atoms with E-state index in [0.717, 1.165) is 23.3 Å². The van der Waals surface area contributed by atoms with Crippen LogP contribution < -0.4 is 5.32 Å². The van der Waals surface area contributed by atoms with E-state index in [4.69, 9.17) is 0 Å². The van der Waals surface area contributed by atoms with Gasteiger partial charge in [0, 0.05) is 42.9 Å². The number of amides is 1. The van der Waals surface area contributed by atoms with Crippen molar-refractivity contribution >= 4 is 21.8 Å². The van der Waals surface area contributed by atoms with E-state index in [-0.39, 0.29) is 5.91 Å². The van der Waals surface area contributed by atoms with Gasteiger partial charge in [-0.25, -0.2) is 0 Å². The molecule has 2 aliphatic heterocycles. The molecule has 0 spiro atoms. The molecule has 5 heteroatoms. The van der Waals surface area contributed by atoms with Crippen LogP contribution >= 0.6 is 15.9 Å². The fraction of sp³-hybridized carbons (Fsp3) is 0.615. The van der Waals surface area contributed by atoms with Gasteiger partial charge in [0.25, 0.3) is 5.91 Å². The van der Waals surface area contributed by atoms with Gasteiger partial charge < -0.3 is 14.8 Å². The summed E-state index contributed by atoms with van der Waals surface area (Å²) in [6.45, 7) is 1.69. The minimum absolute atomic E-state index is 0.154. The van der Waals surface area contributed by atoms with Crippen LogP contribution in [0.1, 0.15) is 29.8 Å². The summed E-state index contributed by atoms with van der Waals surface area (Å²) < 4.78 is 2.85. The third kappa shape index (κ3) is 2.21. The molecule has 0 radical (unpaired) electrons. The molecule has 2 saturated heterocycles.